The summed E-state index contributed by atoms with van der Waals surface area (Å²) in [6.45, 7) is 3.87. The third-order valence-corrected chi connectivity index (χ3v) is 3.65. The first kappa shape index (κ1) is 14.0. The molecule has 2 unspecified atom stereocenters. The molecule has 0 bridgehead atoms. The van der Waals surface area contributed by atoms with Crippen molar-refractivity contribution in [3.05, 3.63) is 11.4 Å². The Morgan fingerprint density at radius 2 is 2.16 bits per heavy atom. The highest BCUT2D eigenvalue weighted by atomic mass is 16.5. The van der Waals surface area contributed by atoms with E-state index in [1.54, 1.807) is 18.5 Å². The molecule has 0 radical (unpaired) electrons. The Labute approximate surface area is 112 Å². The minimum Gasteiger partial charge on any atom is -0.461 e. The van der Waals surface area contributed by atoms with E-state index in [1.807, 2.05) is 0 Å². The molecule has 0 amide bonds. The second-order valence-corrected chi connectivity index (χ2v) is 4.96. The third kappa shape index (κ3) is 2.94. The van der Waals surface area contributed by atoms with Crippen molar-refractivity contribution in [1.29, 1.82) is 0 Å². The molecule has 1 aliphatic rings. The van der Waals surface area contributed by atoms with Crippen molar-refractivity contribution < 1.29 is 14.6 Å². The van der Waals surface area contributed by atoms with Gasteiger partial charge in [-0.05, 0) is 26.7 Å². The Kier molecular flexibility index (Phi) is 4.52. The summed E-state index contributed by atoms with van der Waals surface area (Å²) < 4.78 is 6.63. The van der Waals surface area contributed by atoms with E-state index >= 15 is 0 Å². The zero-order valence-corrected chi connectivity index (χ0v) is 11.5. The highest BCUT2D eigenvalue weighted by Crippen LogP contribution is 2.28. The summed E-state index contributed by atoms with van der Waals surface area (Å²) in [6, 6.07) is -0.0850. The maximum atomic E-state index is 11.7. The smallest absolute Gasteiger partial charge is 0.360 e. The van der Waals surface area contributed by atoms with Gasteiger partial charge < -0.3 is 9.84 Å². The monoisotopic (exact) mass is 267 g/mol. The molecule has 1 N–H and O–H groups in total. The molecule has 1 aromatic rings. The van der Waals surface area contributed by atoms with Gasteiger partial charge in [-0.15, -0.1) is 5.10 Å². The summed E-state index contributed by atoms with van der Waals surface area (Å²) in [4.78, 5) is 11.7. The number of hydrogen-bond acceptors (Lipinski definition) is 5. The van der Waals surface area contributed by atoms with Crippen LogP contribution < -0.4 is 0 Å². The van der Waals surface area contributed by atoms with E-state index in [0.29, 0.717) is 12.3 Å². The number of carbonyl (C=O) groups excluding carboxylic acids is 1. The van der Waals surface area contributed by atoms with Crippen molar-refractivity contribution in [3.63, 3.8) is 0 Å². The second-order valence-electron chi connectivity index (χ2n) is 4.96. The number of aromatic nitrogens is 3. The van der Waals surface area contributed by atoms with E-state index in [-0.39, 0.29) is 11.7 Å². The number of nitrogens with zero attached hydrogens (tertiary/aromatic N) is 3. The van der Waals surface area contributed by atoms with Gasteiger partial charge in [-0.2, -0.15) is 0 Å². The summed E-state index contributed by atoms with van der Waals surface area (Å²) >= 11 is 0. The number of ether oxygens (including phenoxy) is 1. The van der Waals surface area contributed by atoms with Crippen molar-refractivity contribution in [1.82, 2.24) is 15.0 Å². The van der Waals surface area contributed by atoms with Gasteiger partial charge in [-0.25, -0.2) is 9.48 Å². The van der Waals surface area contributed by atoms with Gasteiger partial charge in [0.1, 0.15) is 0 Å². The topological polar surface area (TPSA) is 77.2 Å². The Morgan fingerprint density at radius 3 is 2.89 bits per heavy atom. The van der Waals surface area contributed by atoms with Crippen LogP contribution in [0, 0.1) is 6.92 Å². The van der Waals surface area contributed by atoms with Crippen molar-refractivity contribution >= 4 is 5.97 Å². The number of aliphatic hydroxyl groups excluding tert-OH is 1. The van der Waals surface area contributed by atoms with Crippen LogP contribution in [-0.2, 0) is 4.74 Å². The second kappa shape index (κ2) is 6.14. The molecule has 1 aliphatic carbocycles. The molecule has 2 atom stereocenters. The van der Waals surface area contributed by atoms with Gasteiger partial charge in [-0.3, -0.25) is 0 Å². The first-order chi connectivity index (χ1) is 9.15. The molecule has 0 aliphatic heterocycles. The number of aliphatic hydroxyl groups is 1. The van der Waals surface area contributed by atoms with E-state index < -0.39 is 12.1 Å². The number of rotatable bonds is 3. The van der Waals surface area contributed by atoms with Crippen LogP contribution in [0.3, 0.4) is 0 Å². The van der Waals surface area contributed by atoms with E-state index in [1.165, 1.54) is 0 Å². The van der Waals surface area contributed by atoms with Gasteiger partial charge >= 0.3 is 5.97 Å². The Morgan fingerprint density at radius 1 is 1.42 bits per heavy atom. The van der Waals surface area contributed by atoms with Gasteiger partial charge in [-0.1, -0.05) is 24.5 Å². The highest BCUT2D eigenvalue weighted by molar-refractivity contribution is 5.88. The van der Waals surface area contributed by atoms with E-state index in [9.17, 15) is 9.90 Å². The van der Waals surface area contributed by atoms with E-state index in [4.69, 9.17) is 4.74 Å². The fourth-order valence-electron chi connectivity index (χ4n) is 2.60. The van der Waals surface area contributed by atoms with Gasteiger partial charge in [0.05, 0.1) is 24.4 Å². The first-order valence-electron chi connectivity index (χ1n) is 6.92. The molecule has 1 aromatic heterocycles. The van der Waals surface area contributed by atoms with Crippen molar-refractivity contribution in [2.24, 2.45) is 0 Å². The summed E-state index contributed by atoms with van der Waals surface area (Å²) in [5.74, 6) is -0.450. The molecule has 0 spiro atoms. The molecule has 1 fully saturated rings. The van der Waals surface area contributed by atoms with E-state index in [2.05, 4.69) is 10.3 Å². The van der Waals surface area contributed by atoms with Gasteiger partial charge in [0, 0.05) is 0 Å². The SMILES string of the molecule is CCOC(=O)c1nnn(C2CCCCCC2O)c1C. The Bertz CT molecular complexity index is 444. The maximum absolute atomic E-state index is 11.7. The van der Waals surface area contributed by atoms with Crippen LogP contribution >= 0.6 is 0 Å². The van der Waals surface area contributed by atoms with Crippen LogP contribution in [0.4, 0.5) is 0 Å². The Hall–Kier alpha value is -1.43. The molecular formula is C13H21N3O3. The van der Waals surface area contributed by atoms with Crippen LogP contribution in [0.15, 0.2) is 0 Å². The fourth-order valence-corrected chi connectivity index (χ4v) is 2.60. The van der Waals surface area contributed by atoms with E-state index in [0.717, 1.165) is 32.1 Å². The number of carbonyl (C=O) groups is 1. The van der Waals surface area contributed by atoms with Crippen molar-refractivity contribution in [2.75, 3.05) is 6.61 Å². The summed E-state index contributed by atoms with van der Waals surface area (Å²) in [7, 11) is 0. The van der Waals surface area contributed by atoms with Crippen LogP contribution in [0.1, 0.15) is 61.3 Å². The largest absolute Gasteiger partial charge is 0.461 e. The summed E-state index contributed by atoms with van der Waals surface area (Å²) in [6.07, 6.45) is 4.46. The third-order valence-electron chi connectivity index (χ3n) is 3.65. The van der Waals surface area contributed by atoms with Gasteiger partial charge in [0.15, 0.2) is 5.69 Å². The summed E-state index contributed by atoms with van der Waals surface area (Å²) in [5, 5.41) is 18.1. The van der Waals surface area contributed by atoms with Crippen LogP contribution in [0.25, 0.3) is 0 Å². The standard InChI is InChI=1S/C13H21N3O3/c1-3-19-13(18)12-9(2)16(15-14-12)10-7-5-4-6-8-11(10)17/h10-11,17H,3-8H2,1-2H3. The normalized spacial score (nSPS) is 23.9. The van der Waals surface area contributed by atoms with Gasteiger partial charge in [0.2, 0.25) is 0 Å². The lowest BCUT2D eigenvalue weighted by Gasteiger charge is -2.21. The molecule has 1 saturated carbocycles. The minimum atomic E-state index is -0.450. The molecule has 1 heterocycles. The lowest BCUT2D eigenvalue weighted by atomic mass is 10.1. The average molecular weight is 267 g/mol. The lowest BCUT2D eigenvalue weighted by molar-refractivity contribution is 0.0517. The molecule has 0 saturated heterocycles. The predicted molar refractivity (Wildman–Crippen MR) is 68.8 cm³/mol. The van der Waals surface area contributed by atoms with Crippen LogP contribution in [-0.4, -0.2) is 38.8 Å². The molecule has 2 rings (SSSR count). The number of hydrogen-bond donors (Lipinski definition) is 1. The van der Waals surface area contributed by atoms with Crippen LogP contribution in [0.2, 0.25) is 0 Å². The zero-order chi connectivity index (χ0) is 13.8. The Balaban J connectivity index is 2.22. The summed E-state index contributed by atoms with van der Waals surface area (Å²) in [5.41, 5.74) is 0.919. The molecular weight excluding hydrogens is 246 g/mol. The molecule has 106 valence electrons. The first-order valence-corrected chi connectivity index (χ1v) is 6.92. The number of esters is 1. The molecule has 0 aromatic carbocycles. The highest BCUT2D eigenvalue weighted by Gasteiger charge is 2.28. The van der Waals surface area contributed by atoms with Gasteiger partial charge in [0.25, 0.3) is 0 Å². The predicted octanol–water partition coefficient (Wildman–Crippen LogP) is 1.63. The molecule has 19 heavy (non-hydrogen) atoms. The van der Waals surface area contributed by atoms with Crippen molar-refractivity contribution in [2.45, 2.75) is 58.1 Å². The maximum Gasteiger partial charge on any atom is 0.360 e. The van der Waals surface area contributed by atoms with Crippen LogP contribution in [0.5, 0.6) is 0 Å². The average Bonchev–Trinajstić information content (AvgIpc) is 2.62. The van der Waals surface area contributed by atoms with Crippen molar-refractivity contribution in [3.8, 4) is 0 Å². The fraction of sp³-hybridized carbons (Fsp3) is 0.769. The molecule has 6 nitrogen and oxygen atoms in total. The lowest BCUT2D eigenvalue weighted by Crippen LogP contribution is -2.25. The minimum absolute atomic E-state index is 0.0850. The molecule has 6 heteroatoms. The quantitative estimate of drug-likeness (QED) is 0.665. The zero-order valence-electron chi connectivity index (χ0n) is 11.5.